The van der Waals surface area contributed by atoms with Crippen molar-refractivity contribution in [2.24, 2.45) is 10.9 Å². The van der Waals surface area contributed by atoms with E-state index in [-0.39, 0.29) is 5.82 Å². The van der Waals surface area contributed by atoms with Crippen LogP contribution in [0.4, 0.5) is 4.39 Å². The van der Waals surface area contributed by atoms with Gasteiger partial charge < -0.3 is 10.6 Å². The molecular weight excluding hydrogens is 253 g/mol. The first kappa shape index (κ1) is 16.5. The van der Waals surface area contributed by atoms with E-state index >= 15 is 0 Å². The Balaban J connectivity index is 2.40. The summed E-state index contributed by atoms with van der Waals surface area (Å²) in [6.07, 6.45) is 2.30. The average molecular weight is 279 g/mol. The molecule has 0 heterocycles. The smallest absolute Gasteiger partial charge is 0.191 e. The Bertz CT molecular complexity index is 429. The Morgan fingerprint density at radius 3 is 2.60 bits per heavy atom. The van der Waals surface area contributed by atoms with Gasteiger partial charge in [-0.2, -0.15) is 0 Å². The van der Waals surface area contributed by atoms with Crippen molar-refractivity contribution in [2.45, 2.75) is 46.2 Å². The number of aliphatic imine (C=N–C) groups is 1. The molecule has 0 aliphatic rings. The van der Waals surface area contributed by atoms with Crippen LogP contribution in [0.2, 0.25) is 0 Å². The average Bonchev–Trinajstić information content (AvgIpc) is 2.41. The Kier molecular flexibility index (Phi) is 7.05. The summed E-state index contributed by atoms with van der Waals surface area (Å²) in [6.45, 7) is 7.17. The van der Waals surface area contributed by atoms with E-state index in [1.54, 1.807) is 13.1 Å². The van der Waals surface area contributed by atoms with Crippen molar-refractivity contribution in [1.82, 2.24) is 10.6 Å². The number of guanidine groups is 1. The second-order valence-corrected chi connectivity index (χ2v) is 5.57. The van der Waals surface area contributed by atoms with Crippen LogP contribution in [0.5, 0.6) is 0 Å². The minimum absolute atomic E-state index is 0.211. The summed E-state index contributed by atoms with van der Waals surface area (Å²) in [4.78, 5) is 4.19. The number of benzene rings is 1. The maximum atomic E-state index is 13.1. The second-order valence-electron chi connectivity index (χ2n) is 5.57. The van der Waals surface area contributed by atoms with Crippen LogP contribution in [0.1, 0.15) is 39.2 Å². The fourth-order valence-electron chi connectivity index (χ4n) is 1.92. The van der Waals surface area contributed by atoms with Gasteiger partial charge in [0.2, 0.25) is 0 Å². The highest BCUT2D eigenvalue weighted by molar-refractivity contribution is 5.79. The van der Waals surface area contributed by atoms with Crippen LogP contribution in [0, 0.1) is 11.7 Å². The molecule has 0 aliphatic carbocycles. The zero-order valence-electron chi connectivity index (χ0n) is 12.9. The Hall–Kier alpha value is -1.58. The first-order chi connectivity index (χ1) is 9.51. The van der Waals surface area contributed by atoms with E-state index in [0.29, 0.717) is 18.5 Å². The van der Waals surface area contributed by atoms with Gasteiger partial charge in [-0.3, -0.25) is 4.99 Å². The van der Waals surface area contributed by atoms with Crippen molar-refractivity contribution < 1.29 is 4.39 Å². The minimum atomic E-state index is -0.211. The molecule has 0 radical (unpaired) electrons. The van der Waals surface area contributed by atoms with E-state index in [1.807, 2.05) is 6.07 Å². The molecule has 0 amide bonds. The van der Waals surface area contributed by atoms with E-state index in [9.17, 15) is 4.39 Å². The summed E-state index contributed by atoms with van der Waals surface area (Å²) in [6, 6.07) is 6.96. The zero-order valence-corrected chi connectivity index (χ0v) is 12.9. The number of rotatable bonds is 6. The van der Waals surface area contributed by atoms with Crippen LogP contribution in [0.25, 0.3) is 0 Å². The monoisotopic (exact) mass is 279 g/mol. The second kappa shape index (κ2) is 8.56. The van der Waals surface area contributed by atoms with Crippen LogP contribution in [-0.4, -0.2) is 19.0 Å². The van der Waals surface area contributed by atoms with Crippen molar-refractivity contribution in [1.29, 1.82) is 0 Å². The van der Waals surface area contributed by atoms with E-state index in [1.165, 1.54) is 18.6 Å². The predicted octanol–water partition coefficient (Wildman–Crippen LogP) is 3.32. The van der Waals surface area contributed by atoms with Crippen molar-refractivity contribution in [2.75, 3.05) is 7.05 Å². The highest BCUT2D eigenvalue weighted by atomic mass is 19.1. The molecule has 1 aromatic carbocycles. The molecule has 3 nitrogen and oxygen atoms in total. The molecule has 0 bridgehead atoms. The predicted molar refractivity (Wildman–Crippen MR) is 83.3 cm³/mol. The van der Waals surface area contributed by atoms with Crippen LogP contribution in [0.15, 0.2) is 29.3 Å². The van der Waals surface area contributed by atoms with Gasteiger partial charge in [0, 0.05) is 19.6 Å². The third-order valence-electron chi connectivity index (χ3n) is 3.13. The van der Waals surface area contributed by atoms with Crippen LogP contribution in [0.3, 0.4) is 0 Å². The Morgan fingerprint density at radius 2 is 2.00 bits per heavy atom. The Labute approximate surface area is 121 Å². The van der Waals surface area contributed by atoms with Gasteiger partial charge in [0.25, 0.3) is 0 Å². The molecule has 1 aromatic rings. The molecule has 20 heavy (non-hydrogen) atoms. The maximum Gasteiger partial charge on any atom is 0.191 e. The largest absolute Gasteiger partial charge is 0.354 e. The van der Waals surface area contributed by atoms with Crippen LogP contribution >= 0.6 is 0 Å². The molecule has 1 unspecified atom stereocenters. The fraction of sp³-hybridized carbons (Fsp3) is 0.562. The van der Waals surface area contributed by atoms with Crippen molar-refractivity contribution in [3.63, 3.8) is 0 Å². The van der Waals surface area contributed by atoms with Gasteiger partial charge in [-0.1, -0.05) is 26.0 Å². The number of hydrogen-bond acceptors (Lipinski definition) is 1. The van der Waals surface area contributed by atoms with Crippen LogP contribution < -0.4 is 10.6 Å². The summed E-state index contributed by atoms with van der Waals surface area (Å²) >= 11 is 0. The van der Waals surface area contributed by atoms with Gasteiger partial charge >= 0.3 is 0 Å². The first-order valence-electron chi connectivity index (χ1n) is 7.23. The molecule has 1 atom stereocenters. The molecule has 0 saturated heterocycles. The van der Waals surface area contributed by atoms with Crippen molar-refractivity contribution >= 4 is 5.96 Å². The van der Waals surface area contributed by atoms with Crippen molar-refractivity contribution in [3.8, 4) is 0 Å². The fourth-order valence-corrected chi connectivity index (χ4v) is 1.92. The normalized spacial score (nSPS) is 13.4. The van der Waals surface area contributed by atoms with Gasteiger partial charge in [-0.25, -0.2) is 4.39 Å². The van der Waals surface area contributed by atoms with Gasteiger partial charge in [0.1, 0.15) is 5.82 Å². The van der Waals surface area contributed by atoms with Gasteiger partial charge in [-0.05, 0) is 43.4 Å². The minimum Gasteiger partial charge on any atom is -0.354 e. The molecule has 4 heteroatoms. The van der Waals surface area contributed by atoms with Gasteiger partial charge in [0.05, 0.1) is 0 Å². The van der Waals surface area contributed by atoms with E-state index in [4.69, 9.17) is 0 Å². The molecule has 112 valence electrons. The summed E-state index contributed by atoms with van der Waals surface area (Å²) in [5, 5.41) is 6.56. The topological polar surface area (TPSA) is 36.4 Å². The number of halogens is 1. The third-order valence-corrected chi connectivity index (χ3v) is 3.13. The lowest BCUT2D eigenvalue weighted by Gasteiger charge is -2.18. The molecule has 0 spiro atoms. The molecule has 1 rings (SSSR count). The van der Waals surface area contributed by atoms with Crippen molar-refractivity contribution in [3.05, 3.63) is 35.6 Å². The summed E-state index contributed by atoms with van der Waals surface area (Å²) < 4.78 is 13.1. The highest BCUT2D eigenvalue weighted by Gasteiger charge is 2.06. The maximum absolute atomic E-state index is 13.1. The SMILES string of the molecule is CN=C(NCc1cccc(F)c1)NC(C)CCC(C)C. The molecule has 2 N–H and O–H groups in total. The van der Waals surface area contributed by atoms with Gasteiger partial charge in [0.15, 0.2) is 5.96 Å². The van der Waals surface area contributed by atoms with Crippen LogP contribution in [-0.2, 0) is 6.54 Å². The summed E-state index contributed by atoms with van der Waals surface area (Å²) in [5.74, 6) is 1.25. The quantitative estimate of drug-likeness (QED) is 0.619. The molecule has 0 aromatic heterocycles. The van der Waals surface area contributed by atoms with E-state index in [0.717, 1.165) is 17.9 Å². The summed E-state index contributed by atoms with van der Waals surface area (Å²) in [5.41, 5.74) is 0.905. The number of nitrogens with zero attached hydrogens (tertiary/aromatic N) is 1. The molecule has 0 saturated carbocycles. The highest BCUT2D eigenvalue weighted by Crippen LogP contribution is 2.06. The molecule has 0 fully saturated rings. The third kappa shape index (κ3) is 6.55. The van der Waals surface area contributed by atoms with E-state index < -0.39 is 0 Å². The van der Waals surface area contributed by atoms with Gasteiger partial charge in [-0.15, -0.1) is 0 Å². The summed E-state index contributed by atoms with van der Waals surface area (Å²) in [7, 11) is 1.75. The number of nitrogens with one attached hydrogen (secondary N) is 2. The van der Waals surface area contributed by atoms with E-state index in [2.05, 4.69) is 36.4 Å². The lowest BCUT2D eigenvalue weighted by molar-refractivity contribution is 0.489. The lowest BCUT2D eigenvalue weighted by Crippen LogP contribution is -2.41. The first-order valence-corrected chi connectivity index (χ1v) is 7.23. The molecular formula is C16H26FN3. The lowest BCUT2D eigenvalue weighted by atomic mass is 10.0. The molecule has 0 aliphatic heterocycles. The Morgan fingerprint density at radius 1 is 1.25 bits per heavy atom. The zero-order chi connectivity index (χ0) is 15.0. The number of hydrogen-bond donors (Lipinski definition) is 2. The standard InChI is InChI=1S/C16H26FN3/c1-12(2)8-9-13(3)20-16(18-4)19-11-14-6-5-7-15(17)10-14/h5-7,10,12-13H,8-9,11H2,1-4H3,(H2,18,19,20).